The molecule has 1 N–H and O–H groups in total. The van der Waals surface area contributed by atoms with Crippen LogP contribution >= 0.6 is 0 Å². The predicted octanol–water partition coefficient (Wildman–Crippen LogP) is 1.28. The molecule has 4 heteroatoms. The van der Waals surface area contributed by atoms with E-state index < -0.39 is 5.60 Å². The second kappa shape index (κ2) is 4.21. The maximum Gasteiger partial charge on any atom is 0.138 e. The van der Waals surface area contributed by atoms with Crippen molar-refractivity contribution in [1.29, 1.82) is 0 Å². The molecule has 18 heavy (non-hydrogen) atoms. The Hall–Kier alpha value is -1.68. The van der Waals surface area contributed by atoms with Crippen molar-refractivity contribution in [2.45, 2.75) is 31.3 Å². The fraction of sp³-hybridized carbons (Fsp3) is 0.429. The average molecular weight is 243 g/mol. The second-order valence-electron chi connectivity index (χ2n) is 5.15. The zero-order valence-corrected chi connectivity index (χ0v) is 10.5. The van der Waals surface area contributed by atoms with Gasteiger partial charge >= 0.3 is 0 Å². The van der Waals surface area contributed by atoms with Gasteiger partial charge in [0.2, 0.25) is 0 Å². The third-order valence-electron chi connectivity index (χ3n) is 3.79. The van der Waals surface area contributed by atoms with Crippen LogP contribution in [0.15, 0.2) is 30.6 Å². The molecular weight excluding hydrogens is 226 g/mol. The molecule has 0 saturated heterocycles. The fourth-order valence-corrected chi connectivity index (χ4v) is 2.71. The van der Waals surface area contributed by atoms with Crippen LogP contribution in [0.1, 0.15) is 23.4 Å². The van der Waals surface area contributed by atoms with Crippen LogP contribution in [0.2, 0.25) is 0 Å². The molecule has 1 aliphatic rings. The van der Waals surface area contributed by atoms with Crippen LogP contribution in [-0.2, 0) is 26.3 Å². The molecule has 0 radical (unpaired) electrons. The molecule has 0 fully saturated rings. The van der Waals surface area contributed by atoms with E-state index >= 15 is 0 Å². The molecule has 1 unspecified atom stereocenters. The Balaban J connectivity index is 1.84. The van der Waals surface area contributed by atoms with Crippen molar-refractivity contribution >= 4 is 0 Å². The molecule has 2 aromatic rings. The summed E-state index contributed by atoms with van der Waals surface area (Å²) < 4.78 is 1.73. The summed E-state index contributed by atoms with van der Waals surface area (Å²) in [6.45, 7) is 0. The first kappa shape index (κ1) is 11.4. The van der Waals surface area contributed by atoms with Gasteiger partial charge in [-0.05, 0) is 24.0 Å². The first-order valence-corrected chi connectivity index (χ1v) is 6.28. The number of hydrogen-bond donors (Lipinski definition) is 1. The van der Waals surface area contributed by atoms with Gasteiger partial charge in [0.05, 0.1) is 5.60 Å². The number of nitrogens with zero attached hydrogens (tertiary/aromatic N) is 3. The monoisotopic (exact) mass is 243 g/mol. The van der Waals surface area contributed by atoms with Crippen molar-refractivity contribution in [3.8, 4) is 0 Å². The van der Waals surface area contributed by atoms with E-state index in [0.29, 0.717) is 12.8 Å². The minimum atomic E-state index is -0.685. The van der Waals surface area contributed by atoms with Gasteiger partial charge in [-0.2, -0.15) is 5.10 Å². The Bertz CT molecular complexity index is 564. The van der Waals surface area contributed by atoms with Crippen molar-refractivity contribution in [3.05, 3.63) is 47.5 Å². The molecule has 4 nitrogen and oxygen atoms in total. The van der Waals surface area contributed by atoms with E-state index in [-0.39, 0.29) is 0 Å². The average Bonchev–Trinajstić information content (AvgIpc) is 2.74. The normalized spacial score (nSPS) is 22.8. The summed E-state index contributed by atoms with van der Waals surface area (Å²) in [4.78, 5) is 4.20. The van der Waals surface area contributed by atoms with Crippen molar-refractivity contribution in [1.82, 2.24) is 14.8 Å². The molecule has 0 bridgehead atoms. The lowest BCUT2D eigenvalue weighted by Gasteiger charge is -2.33. The van der Waals surface area contributed by atoms with Crippen molar-refractivity contribution < 1.29 is 5.11 Å². The first-order valence-electron chi connectivity index (χ1n) is 6.28. The van der Waals surface area contributed by atoms with Gasteiger partial charge in [0, 0.05) is 19.9 Å². The zero-order chi connectivity index (χ0) is 12.6. The topological polar surface area (TPSA) is 50.9 Å². The number of rotatable bonds is 2. The van der Waals surface area contributed by atoms with Crippen LogP contribution in [-0.4, -0.2) is 25.5 Å². The van der Waals surface area contributed by atoms with E-state index in [4.69, 9.17) is 0 Å². The van der Waals surface area contributed by atoms with Crippen LogP contribution < -0.4 is 0 Å². The molecule has 0 saturated carbocycles. The van der Waals surface area contributed by atoms with Crippen molar-refractivity contribution in [2.24, 2.45) is 7.05 Å². The first-order chi connectivity index (χ1) is 8.66. The van der Waals surface area contributed by atoms with E-state index in [2.05, 4.69) is 28.3 Å². The Morgan fingerprint density at radius 3 is 2.83 bits per heavy atom. The molecule has 1 aromatic heterocycles. The lowest BCUT2D eigenvalue weighted by Crippen LogP contribution is -2.38. The molecule has 0 amide bonds. The summed E-state index contributed by atoms with van der Waals surface area (Å²) in [5, 5.41) is 14.8. The van der Waals surface area contributed by atoms with E-state index in [1.807, 2.05) is 13.1 Å². The highest BCUT2D eigenvalue weighted by molar-refractivity contribution is 5.31. The Morgan fingerprint density at radius 1 is 1.33 bits per heavy atom. The van der Waals surface area contributed by atoms with Gasteiger partial charge < -0.3 is 5.11 Å². The Labute approximate surface area is 106 Å². The van der Waals surface area contributed by atoms with Crippen molar-refractivity contribution in [3.63, 3.8) is 0 Å². The van der Waals surface area contributed by atoms with Crippen LogP contribution in [0, 0.1) is 0 Å². The summed E-state index contributed by atoms with van der Waals surface area (Å²) in [5.74, 6) is 0.844. The molecule has 1 aromatic carbocycles. The van der Waals surface area contributed by atoms with E-state index in [1.54, 1.807) is 4.68 Å². The summed E-state index contributed by atoms with van der Waals surface area (Å²) in [6, 6.07) is 8.35. The smallest absolute Gasteiger partial charge is 0.138 e. The molecule has 0 spiro atoms. The number of aryl methyl sites for hydroxylation is 2. The Morgan fingerprint density at radius 2 is 2.11 bits per heavy atom. The van der Waals surface area contributed by atoms with E-state index in [0.717, 1.165) is 18.7 Å². The lowest BCUT2D eigenvalue weighted by atomic mass is 9.78. The Kier molecular flexibility index (Phi) is 2.67. The molecule has 1 heterocycles. The van der Waals surface area contributed by atoms with E-state index in [9.17, 15) is 5.11 Å². The third-order valence-corrected chi connectivity index (χ3v) is 3.79. The summed E-state index contributed by atoms with van der Waals surface area (Å²) in [7, 11) is 1.86. The van der Waals surface area contributed by atoms with Gasteiger partial charge in [0.25, 0.3) is 0 Å². The predicted molar refractivity (Wildman–Crippen MR) is 68.1 cm³/mol. The highest BCUT2D eigenvalue weighted by Crippen LogP contribution is 2.30. The van der Waals surface area contributed by atoms with Gasteiger partial charge in [-0.3, -0.25) is 4.68 Å². The van der Waals surface area contributed by atoms with Gasteiger partial charge in [-0.1, -0.05) is 24.3 Å². The van der Waals surface area contributed by atoms with Crippen LogP contribution in [0.5, 0.6) is 0 Å². The maximum absolute atomic E-state index is 10.7. The highest BCUT2D eigenvalue weighted by Gasteiger charge is 2.33. The molecule has 94 valence electrons. The number of aromatic nitrogens is 3. The van der Waals surface area contributed by atoms with Crippen LogP contribution in [0.4, 0.5) is 0 Å². The SMILES string of the molecule is Cn1ncnc1CC1(O)CCc2ccccc2C1. The fourth-order valence-electron chi connectivity index (χ4n) is 2.71. The van der Waals surface area contributed by atoms with Gasteiger partial charge in [0.1, 0.15) is 12.2 Å². The summed E-state index contributed by atoms with van der Waals surface area (Å²) in [6.07, 6.45) is 4.53. The van der Waals surface area contributed by atoms with Gasteiger partial charge in [-0.25, -0.2) is 4.98 Å². The number of fused-ring (bicyclic) bond motifs is 1. The third kappa shape index (κ3) is 2.04. The molecule has 3 rings (SSSR count). The molecule has 0 aliphatic heterocycles. The van der Waals surface area contributed by atoms with Crippen LogP contribution in [0.25, 0.3) is 0 Å². The lowest BCUT2D eigenvalue weighted by molar-refractivity contribution is 0.0240. The molecule has 1 aliphatic carbocycles. The number of hydrogen-bond acceptors (Lipinski definition) is 3. The summed E-state index contributed by atoms with van der Waals surface area (Å²) in [5.41, 5.74) is 1.93. The largest absolute Gasteiger partial charge is 0.389 e. The highest BCUT2D eigenvalue weighted by atomic mass is 16.3. The number of aliphatic hydroxyl groups is 1. The van der Waals surface area contributed by atoms with E-state index in [1.165, 1.54) is 17.5 Å². The second-order valence-corrected chi connectivity index (χ2v) is 5.15. The number of benzene rings is 1. The summed E-state index contributed by atoms with van der Waals surface area (Å²) >= 11 is 0. The van der Waals surface area contributed by atoms with Gasteiger partial charge in [-0.15, -0.1) is 0 Å². The molecule has 1 atom stereocenters. The van der Waals surface area contributed by atoms with Crippen molar-refractivity contribution in [2.75, 3.05) is 0 Å². The zero-order valence-electron chi connectivity index (χ0n) is 10.5. The quantitative estimate of drug-likeness (QED) is 0.864. The van der Waals surface area contributed by atoms with Gasteiger partial charge in [0.15, 0.2) is 0 Å². The minimum absolute atomic E-state index is 0.567. The maximum atomic E-state index is 10.7. The minimum Gasteiger partial charge on any atom is -0.389 e. The standard InChI is InChI=1S/C14H17N3O/c1-17-13(15-10-16-17)9-14(18)7-6-11-4-2-3-5-12(11)8-14/h2-5,10,18H,6-9H2,1H3. The molecular formula is C14H17N3O. The van der Waals surface area contributed by atoms with Crippen LogP contribution in [0.3, 0.4) is 0 Å².